The summed E-state index contributed by atoms with van der Waals surface area (Å²) in [5, 5.41) is 2.96. The van der Waals surface area contributed by atoms with E-state index in [0.717, 1.165) is 0 Å². The molecule has 2 rings (SSSR count). The predicted octanol–water partition coefficient (Wildman–Crippen LogP) is 4.34. The summed E-state index contributed by atoms with van der Waals surface area (Å²) in [5.74, 6) is -0.547. The molecule has 1 amide bonds. The molecule has 0 fully saturated rings. The van der Waals surface area contributed by atoms with Crippen molar-refractivity contribution in [3.63, 3.8) is 0 Å². The van der Waals surface area contributed by atoms with E-state index >= 15 is 0 Å². The summed E-state index contributed by atoms with van der Waals surface area (Å²) in [6.45, 7) is 0. The van der Waals surface area contributed by atoms with E-state index in [4.69, 9.17) is 46.4 Å². The summed E-state index contributed by atoms with van der Waals surface area (Å²) in [7, 11) is 0. The lowest BCUT2D eigenvalue weighted by molar-refractivity contribution is 0.102. The quantitative estimate of drug-likeness (QED) is 0.830. The Balaban J connectivity index is 2.37. The molecule has 19 heavy (non-hydrogen) atoms. The molecule has 2 aromatic rings. The molecule has 0 spiro atoms. The van der Waals surface area contributed by atoms with Crippen LogP contribution in [0.5, 0.6) is 0 Å². The Morgan fingerprint density at radius 3 is 2.05 bits per heavy atom. The maximum atomic E-state index is 12.1. The van der Waals surface area contributed by atoms with Gasteiger partial charge in [-0.25, -0.2) is 9.97 Å². The number of rotatable bonds is 2. The summed E-state index contributed by atoms with van der Waals surface area (Å²) >= 11 is 23.5. The number of nitrogens with zero attached hydrogens (tertiary/aromatic N) is 2. The molecule has 0 unspecified atom stereocenters. The number of carbonyl (C=O) groups is 1. The van der Waals surface area contributed by atoms with Crippen LogP contribution in [0.3, 0.4) is 0 Å². The third-order valence-corrected chi connectivity index (χ3v) is 3.39. The van der Waals surface area contributed by atoms with Crippen molar-refractivity contribution in [2.75, 3.05) is 5.32 Å². The van der Waals surface area contributed by atoms with Crippen LogP contribution in [-0.4, -0.2) is 15.9 Å². The lowest BCUT2D eigenvalue weighted by Crippen LogP contribution is -2.14. The van der Waals surface area contributed by atoms with Gasteiger partial charge in [0, 0.05) is 0 Å². The molecule has 0 radical (unpaired) electrons. The van der Waals surface area contributed by atoms with Crippen LogP contribution in [0, 0.1) is 0 Å². The normalized spacial score (nSPS) is 10.3. The monoisotopic (exact) mass is 335 g/mol. The van der Waals surface area contributed by atoms with Gasteiger partial charge in [0.05, 0.1) is 15.6 Å². The van der Waals surface area contributed by atoms with Gasteiger partial charge in [0.2, 0.25) is 0 Å². The fourth-order valence-corrected chi connectivity index (χ4v) is 2.32. The summed E-state index contributed by atoms with van der Waals surface area (Å²) in [5.41, 5.74) is 0.230. The smallest absolute Gasteiger partial charge is 0.258 e. The Labute approximate surface area is 128 Å². The number of hydrogen-bond acceptors (Lipinski definition) is 3. The number of amides is 1. The fourth-order valence-electron chi connectivity index (χ4n) is 1.34. The first kappa shape index (κ1) is 14.3. The number of benzene rings is 1. The highest BCUT2D eigenvalue weighted by atomic mass is 35.5. The SMILES string of the molecule is O=C(Nc1c(Cl)ncnc1Cl)c1c(Cl)cccc1Cl. The maximum Gasteiger partial charge on any atom is 0.258 e. The van der Waals surface area contributed by atoms with Crippen LogP contribution in [-0.2, 0) is 0 Å². The number of aromatic nitrogens is 2. The van der Waals surface area contributed by atoms with Gasteiger partial charge in [-0.1, -0.05) is 52.5 Å². The van der Waals surface area contributed by atoms with E-state index in [1.54, 1.807) is 18.2 Å². The first-order chi connectivity index (χ1) is 9.00. The zero-order valence-corrected chi connectivity index (χ0v) is 12.1. The van der Waals surface area contributed by atoms with Crippen molar-refractivity contribution in [2.24, 2.45) is 0 Å². The molecule has 8 heteroatoms. The molecule has 0 aliphatic carbocycles. The second-order valence-corrected chi connectivity index (χ2v) is 4.91. The Morgan fingerprint density at radius 2 is 1.53 bits per heavy atom. The van der Waals surface area contributed by atoms with E-state index < -0.39 is 5.91 Å². The topological polar surface area (TPSA) is 54.9 Å². The number of anilines is 1. The highest BCUT2D eigenvalue weighted by molar-refractivity contribution is 6.42. The minimum absolute atomic E-state index is 0.0246. The highest BCUT2D eigenvalue weighted by Gasteiger charge is 2.18. The number of nitrogens with one attached hydrogen (secondary N) is 1. The average molecular weight is 337 g/mol. The molecule has 1 aromatic heterocycles. The van der Waals surface area contributed by atoms with Crippen LogP contribution in [0.2, 0.25) is 20.4 Å². The lowest BCUT2D eigenvalue weighted by atomic mass is 10.2. The Morgan fingerprint density at radius 1 is 1.00 bits per heavy atom. The van der Waals surface area contributed by atoms with Gasteiger partial charge in [-0.15, -0.1) is 0 Å². The fraction of sp³-hybridized carbons (Fsp3) is 0. The maximum absolute atomic E-state index is 12.1. The van der Waals surface area contributed by atoms with Gasteiger partial charge in [0.15, 0.2) is 10.3 Å². The molecular formula is C11H5Cl4N3O. The van der Waals surface area contributed by atoms with Crippen molar-refractivity contribution < 1.29 is 4.79 Å². The largest absolute Gasteiger partial charge is 0.317 e. The highest BCUT2D eigenvalue weighted by Crippen LogP contribution is 2.29. The van der Waals surface area contributed by atoms with Gasteiger partial charge >= 0.3 is 0 Å². The molecule has 0 aliphatic rings. The lowest BCUT2D eigenvalue weighted by Gasteiger charge is -2.09. The van der Waals surface area contributed by atoms with E-state index in [2.05, 4.69) is 15.3 Å². The predicted molar refractivity (Wildman–Crippen MR) is 76.5 cm³/mol. The Hall–Kier alpha value is -1.07. The molecule has 0 bridgehead atoms. The number of hydrogen-bond donors (Lipinski definition) is 1. The zero-order valence-electron chi connectivity index (χ0n) is 9.12. The minimum Gasteiger partial charge on any atom is -0.317 e. The molecule has 1 heterocycles. The molecule has 0 aliphatic heterocycles. The zero-order chi connectivity index (χ0) is 14.0. The molecular weight excluding hydrogens is 332 g/mol. The van der Waals surface area contributed by atoms with E-state index in [1.165, 1.54) is 6.33 Å². The molecule has 0 saturated carbocycles. The van der Waals surface area contributed by atoms with Crippen LogP contribution in [0.4, 0.5) is 5.69 Å². The molecule has 1 aromatic carbocycles. The van der Waals surface area contributed by atoms with Crippen LogP contribution >= 0.6 is 46.4 Å². The average Bonchev–Trinajstić information content (AvgIpc) is 2.34. The van der Waals surface area contributed by atoms with Gasteiger partial charge in [0.1, 0.15) is 12.0 Å². The van der Waals surface area contributed by atoms with Crippen LogP contribution in [0.25, 0.3) is 0 Å². The standard InChI is InChI=1S/C11H5Cl4N3O/c12-5-2-1-3-6(13)7(5)11(19)18-8-9(14)16-4-17-10(8)15/h1-4H,(H,18,19). The van der Waals surface area contributed by atoms with Crippen molar-refractivity contribution in [1.82, 2.24) is 9.97 Å². The molecule has 0 atom stereocenters. The van der Waals surface area contributed by atoms with Crippen LogP contribution in [0.1, 0.15) is 10.4 Å². The Bertz CT molecular complexity index is 607. The summed E-state index contributed by atoms with van der Waals surface area (Å²) in [6, 6.07) is 4.73. The van der Waals surface area contributed by atoms with Gasteiger partial charge in [-0.2, -0.15) is 0 Å². The molecule has 98 valence electrons. The van der Waals surface area contributed by atoms with E-state index in [-0.39, 0.29) is 31.6 Å². The van der Waals surface area contributed by atoms with E-state index in [0.29, 0.717) is 0 Å². The second-order valence-electron chi connectivity index (χ2n) is 3.38. The Kier molecular flexibility index (Phi) is 4.47. The van der Waals surface area contributed by atoms with Crippen LogP contribution in [0.15, 0.2) is 24.5 Å². The van der Waals surface area contributed by atoms with Gasteiger partial charge < -0.3 is 5.32 Å². The van der Waals surface area contributed by atoms with Gasteiger partial charge in [0.25, 0.3) is 5.91 Å². The van der Waals surface area contributed by atoms with Gasteiger partial charge in [-0.3, -0.25) is 4.79 Å². The third-order valence-electron chi connectivity index (χ3n) is 2.18. The van der Waals surface area contributed by atoms with Crippen molar-refractivity contribution in [2.45, 2.75) is 0 Å². The van der Waals surface area contributed by atoms with E-state index in [1.807, 2.05) is 0 Å². The number of halogens is 4. The summed E-state index contributed by atoms with van der Waals surface area (Å²) < 4.78 is 0. The minimum atomic E-state index is -0.547. The molecule has 4 nitrogen and oxygen atoms in total. The summed E-state index contributed by atoms with van der Waals surface area (Å²) in [4.78, 5) is 19.5. The van der Waals surface area contributed by atoms with Crippen molar-refractivity contribution >= 4 is 58.0 Å². The first-order valence-electron chi connectivity index (χ1n) is 4.92. The van der Waals surface area contributed by atoms with Crippen molar-refractivity contribution in [1.29, 1.82) is 0 Å². The summed E-state index contributed by atoms with van der Waals surface area (Å²) in [6.07, 6.45) is 1.18. The van der Waals surface area contributed by atoms with Crippen molar-refractivity contribution in [3.8, 4) is 0 Å². The first-order valence-corrected chi connectivity index (χ1v) is 6.43. The number of carbonyl (C=O) groups excluding carboxylic acids is 1. The molecule has 0 saturated heterocycles. The van der Waals surface area contributed by atoms with Crippen LogP contribution < -0.4 is 5.32 Å². The van der Waals surface area contributed by atoms with Gasteiger partial charge in [-0.05, 0) is 12.1 Å². The third kappa shape index (κ3) is 3.09. The second kappa shape index (κ2) is 5.92. The van der Waals surface area contributed by atoms with Crippen molar-refractivity contribution in [3.05, 3.63) is 50.4 Å². The van der Waals surface area contributed by atoms with E-state index in [9.17, 15) is 4.79 Å². The molecule has 1 N–H and O–H groups in total.